The number of aromatic nitrogens is 4. The highest BCUT2D eigenvalue weighted by molar-refractivity contribution is 5.45. The Hall–Kier alpha value is -2.50. The van der Waals surface area contributed by atoms with Crippen LogP contribution in [-0.4, -0.2) is 20.1 Å². The van der Waals surface area contributed by atoms with E-state index in [0.717, 1.165) is 12.2 Å². The van der Waals surface area contributed by atoms with Gasteiger partial charge >= 0.3 is 0 Å². The zero-order chi connectivity index (χ0) is 12.7. The van der Waals surface area contributed by atoms with Crippen molar-refractivity contribution in [2.45, 2.75) is 18.3 Å². The Balaban J connectivity index is 1.57. The standard InChI is InChI=1S/C13H10N4O2/c1-2-11(18-5-1)8-6-9(8)13-16-12(17-19-13)10-7-14-3-4-15-10/h1-5,7-9H,6H2/t8-,9-/m1/s1. The fourth-order valence-corrected chi connectivity index (χ4v) is 2.19. The summed E-state index contributed by atoms with van der Waals surface area (Å²) in [4.78, 5) is 12.5. The van der Waals surface area contributed by atoms with Crippen LogP contribution in [0.15, 0.2) is 45.9 Å². The van der Waals surface area contributed by atoms with E-state index in [0.29, 0.717) is 23.3 Å². The molecule has 1 aliphatic rings. The minimum atomic E-state index is 0.254. The molecule has 0 aromatic carbocycles. The van der Waals surface area contributed by atoms with Crippen molar-refractivity contribution in [1.82, 2.24) is 20.1 Å². The minimum absolute atomic E-state index is 0.254. The summed E-state index contributed by atoms with van der Waals surface area (Å²) in [6, 6.07) is 3.87. The first-order valence-electron chi connectivity index (χ1n) is 6.05. The van der Waals surface area contributed by atoms with Crippen molar-refractivity contribution in [1.29, 1.82) is 0 Å². The van der Waals surface area contributed by atoms with E-state index in [-0.39, 0.29) is 5.92 Å². The summed E-state index contributed by atoms with van der Waals surface area (Å²) in [5.41, 5.74) is 0.618. The largest absolute Gasteiger partial charge is 0.469 e. The van der Waals surface area contributed by atoms with Gasteiger partial charge in [0.25, 0.3) is 0 Å². The summed E-state index contributed by atoms with van der Waals surface area (Å²) >= 11 is 0. The van der Waals surface area contributed by atoms with Crippen molar-refractivity contribution in [2.75, 3.05) is 0 Å². The molecule has 1 saturated carbocycles. The first-order chi connectivity index (χ1) is 9.42. The average molecular weight is 254 g/mol. The molecule has 0 amide bonds. The van der Waals surface area contributed by atoms with Gasteiger partial charge in [-0.15, -0.1) is 0 Å². The van der Waals surface area contributed by atoms with Crippen molar-refractivity contribution in [3.63, 3.8) is 0 Å². The molecule has 3 heterocycles. The maximum absolute atomic E-state index is 5.39. The maximum atomic E-state index is 5.39. The van der Waals surface area contributed by atoms with E-state index in [1.807, 2.05) is 12.1 Å². The molecule has 0 N–H and O–H groups in total. The van der Waals surface area contributed by atoms with Crippen molar-refractivity contribution < 1.29 is 8.94 Å². The first kappa shape index (κ1) is 10.4. The Morgan fingerprint density at radius 3 is 3.00 bits per heavy atom. The number of hydrogen-bond donors (Lipinski definition) is 0. The molecule has 3 aromatic heterocycles. The predicted molar refractivity (Wildman–Crippen MR) is 64.1 cm³/mol. The molecular formula is C13H10N4O2. The van der Waals surface area contributed by atoms with Gasteiger partial charge in [0, 0.05) is 24.2 Å². The molecule has 19 heavy (non-hydrogen) atoms. The van der Waals surface area contributed by atoms with Gasteiger partial charge in [-0.2, -0.15) is 4.98 Å². The lowest BCUT2D eigenvalue weighted by atomic mass is 10.2. The number of rotatable bonds is 3. The third-order valence-electron chi connectivity index (χ3n) is 3.25. The van der Waals surface area contributed by atoms with Gasteiger partial charge < -0.3 is 8.94 Å². The normalized spacial score (nSPS) is 21.5. The Morgan fingerprint density at radius 1 is 1.21 bits per heavy atom. The molecule has 0 radical (unpaired) electrons. The van der Waals surface area contributed by atoms with Crippen molar-refractivity contribution in [3.8, 4) is 11.5 Å². The van der Waals surface area contributed by atoms with E-state index in [9.17, 15) is 0 Å². The quantitative estimate of drug-likeness (QED) is 0.714. The molecule has 1 aliphatic carbocycles. The topological polar surface area (TPSA) is 77.8 Å². The van der Waals surface area contributed by atoms with Crippen LogP contribution < -0.4 is 0 Å². The van der Waals surface area contributed by atoms with Crippen LogP contribution in [0.1, 0.15) is 29.9 Å². The van der Waals surface area contributed by atoms with Crippen LogP contribution in [0.4, 0.5) is 0 Å². The molecule has 6 nitrogen and oxygen atoms in total. The Labute approximate surface area is 108 Å². The highest BCUT2D eigenvalue weighted by Gasteiger charge is 2.45. The Bertz CT molecular complexity index is 678. The predicted octanol–water partition coefficient (Wildman–Crippen LogP) is 2.39. The number of hydrogen-bond acceptors (Lipinski definition) is 6. The van der Waals surface area contributed by atoms with Gasteiger partial charge in [0.15, 0.2) is 0 Å². The summed E-state index contributed by atoms with van der Waals surface area (Å²) in [5.74, 6) is 2.70. The molecule has 6 heteroatoms. The van der Waals surface area contributed by atoms with Gasteiger partial charge in [0.1, 0.15) is 11.5 Å². The number of nitrogens with zero attached hydrogens (tertiary/aromatic N) is 4. The minimum Gasteiger partial charge on any atom is -0.469 e. The molecule has 0 unspecified atom stereocenters. The SMILES string of the molecule is c1coc([C@@H]2C[C@H]2c2nc(-c3cnccn3)no2)c1. The molecule has 0 aliphatic heterocycles. The zero-order valence-corrected chi connectivity index (χ0v) is 9.93. The third kappa shape index (κ3) is 1.81. The van der Waals surface area contributed by atoms with E-state index in [4.69, 9.17) is 8.94 Å². The van der Waals surface area contributed by atoms with Gasteiger partial charge in [0.05, 0.1) is 12.5 Å². The third-order valence-corrected chi connectivity index (χ3v) is 3.25. The van der Waals surface area contributed by atoms with E-state index in [2.05, 4.69) is 20.1 Å². The maximum Gasteiger partial charge on any atom is 0.230 e. The van der Waals surface area contributed by atoms with Crippen LogP contribution in [0.2, 0.25) is 0 Å². The second-order valence-corrected chi connectivity index (χ2v) is 4.51. The molecule has 0 saturated heterocycles. The molecule has 4 rings (SSSR count). The van der Waals surface area contributed by atoms with Gasteiger partial charge in [-0.05, 0) is 18.6 Å². The van der Waals surface area contributed by atoms with Crippen molar-refractivity contribution in [2.24, 2.45) is 0 Å². The van der Waals surface area contributed by atoms with Crippen LogP contribution in [0, 0.1) is 0 Å². The lowest BCUT2D eigenvalue weighted by Gasteiger charge is -1.90. The zero-order valence-electron chi connectivity index (χ0n) is 9.93. The number of furan rings is 1. The highest BCUT2D eigenvalue weighted by Crippen LogP contribution is 2.54. The van der Waals surface area contributed by atoms with E-state index in [1.165, 1.54) is 0 Å². The van der Waals surface area contributed by atoms with Crippen LogP contribution in [0.25, 0.3) is 11.5 Å². The van der Waals surface area contributed by atoms with E-state index in [1.54, 1.807) is 24.9 Å². The van der Waals surface area contributed by atoms with Gasteiger partial charge in [-0.1, -0.05) is 5.16 Å². The van der Waals surface area contributed by atoms with Gasteiger partial charge in [-0.25, -0.2) is 4.98 Å². The molecular weight excluding hydrogens is 244 g/mol. The molecule has 94 valence electrons. The van der Waals surface area contributed by atoms with Crippen LogP contribution in [0.5, 0.6) is 0 Å². The lowest BCUT2D eigenvalue weighted by molar-refractivity contribution is 0.376. The Morgan fingerprint density at radius 2 is 2.21 bits per heavy atom. The summed E-state index contributed by atoms with van der Waals surface area (Å²) in [6.07, 6.45) is 7.50. The summed E-state index contributed by atoms with van der Waals surface area (Å²) < 4.78 is 10.7. The second-order valence-electron chi connectivity index (χ2n) is 4.51. The fourth-order valence-electron chi connectivity index (χ4n) is 2.19. The van der Waals surface area contributed by atoms with Crippen LogP contribution in [0.3, 0.4) is 0 Å². The van der Waals surface area contributed by atoms with Gasteiger partial charge in [0.2, 0.25) is 11.7 Å². The van der Waals surface area contributed by atoms with Gasteiger partial charge in [-0.3, -0.25) is 4.98 Å². The fraction of sp³-hybridized carbons (Fsp3) is 0.231. The molecule has 3 aromatic rings. The summed E-state index contributed by atoms with van der Waals surface area (Å²) in [7, 11) is 0. The highest BCUT2D eigenvalue weighted by atomic mass is 16.5. The Kier molecular flexibility index (Phi) is 2.20. The summed E-state index contributed by atoms with van der Waals surface area (Å²) in [5, 5.41) is 3.94. The smallest absolute Gasteiger partial charge is 0.230 e. The van der Waals surface area contributed by atoms with Crippen LogP contribution >= 0.6 is 0 Å². The monoisotopic (exact) mass is 254 g/mol. The molecule has 2 atom stereocenters. The second kappa shape index (κ2) is 4.01. The van der Waals surface area contributed by atoms with Crippen molar-refractivity contribution >= 4 is 0 Å². The van der Waals surface area contributed by atoms with E-state index >= 15 is 0 Å². The molecule has 1 fully saturated rings. The molecule has 0 spiro atoms. The average Bonchev–Trinajstić information content (AvgIpc) is 2.93. The van der Waals surface area contributed by atoms with E-state index < -0.39 is 0 Å². The molecule has 0 bridgehead atoms. The van der Waals surface area contributed by atoms with Crippen LogP contribution in [-0.2, 0) is 0 Å². The summed E-state index contributed by atoms with van der Waals surface area (Å²) in [6.45, 7) is 0. The van der Waals surface area contributed by atoms with Crippen molar-refractivity contribution in [3.05, 3.63) is 48.6 Å². The lowest BCUT2D eigenvalue weighted by Crippen LogP contribution is -1.87. The first-order valence-corrected chi connectivity index (χ1v) is 6.05.